The lowest BCUT2D eigenvalue weighted by Crippen LogP contribution is -2.14. The van der Waals surface area contributed by atoms with E-state index >= 15 is 0 Å². The van der Waals surface area contributed by atoms with Crippen molar-refractivity contribution >= 4 is 16.8 Å². The summed E-state index contributed by atoms with van der Waals surface area (Å²) in [7, 11) is 0. The Morgan fingerprint density at radius 3 is 3.06 bits per heavy atom. The lowest BCUT2D eigenvalue weighted by atomic mass is 10.0. The highest BCUT2D eigenvalue weighted by atomic mass is 16.5. The van der Waals surface area contributed by atoms with Crippen molar-refractivity contribution in [2.24, 2.45) is 0 Å². The number of para-hydroxylation sites is 1. The normalized spacial score (nSPS) is 14.7. The molecule has 2 N–H and O–H groups in total. The van der Waals surface area contributed by atoms with E-state index in [2.05, 4.69) is 10.3 Å². The van der Waals surface area contributed by atoms with Crippen LogP contribution in [0.15, 0.2) is 38.9 Å². The Balaban J connectivity index is 1.96. The van der Waals surface area contributed by atoms with Gasteiger partial charge in [0.15, 0.2) is 5.58 Å². The molecule has 0 bridgehead atoms. The summed E-state index contributed by atoms with van der Waals surface area (Å²) in [5.74, 6) is 0.555. The molecule has 0 unspecified atom stereocenters. The Labute approximate surface area is 103 Å². The van der Waals surface area contributed by atoms with Crippen LogP contribution in [0.4, 0.5) is 5.69 Å². The second kappa shape index (κ2) is 4.25. The number of rotatable bonds is 4. The first-order valence-corrected chi connectivity index (χ1v) is 6.01. The topological polar surface area (TPSA) is 67.3 Å². The van der Waals surface area contributed by atoms with Crippen LogP contribution in [0.5, 0.6) is 0 Å². The maximum atomic E-state index is 11.2. The molecule has 1 heterocycles. The van der Waals surface area contributed by atoms with Crippen molar-refractivity contribution in [2.45, 2.75) is 19.8 Å². The summed E-state index contributed by atoms with van der Waals surface area (Å²) in [4.78, 5) is 13.8. The molecule has 0 spiro atoms. The number of hydrogen-bond donors (Lipinski definition) is 2. The summed E-state index contributed by atoms with van der Waals surface area (Å²) < 4.78 is 10.6. The highest BCUT2D eigenvalue weighted by molar-refractivity contribution is 5.86. The van der Waals surface area contributed by atoms with Crippen molar-refractivity contribution in [2.75, 3.05) is 11.9 Å². The molecule has 0 amide bonds. The SMILES string of the molecule is CCOC1=C(Nc2cccc3[nH]c(=O)oc23)CC1. The molecule has 0 aliphatic heterocycles. The van der Waals surface area contributed by atoms with Crippen LogP contribution in [0.2, 0.25) is 0 Å². The molecule has 5 heteroatoms. The van der Waals surface area contributed by atoms with Crippen LogP contribution in [0.1, 0.15) is 19.8 Å². The van der Waals surface area contributed by atoms with E-state index < -0.39 is 5.76 Å². The number of ether oxygens (including phenoxy) is 1. The summed E-state index contributed by atoms with van der Waals surface area (Å²) in [5.41, 5.74) is 3.10. The molecule has 0 fully saturated rings. The Bertz CT molecular complexity index is 666. The first-order valence-electron chi connectivity index (χ1n) is 6.01. The molecule has 0 radical (unpaired) electrons. The van der Waals surface area contributed by atoms with E-state index in [4.69, 9.17) is 9.15 Å². The lowest BCUT2D eigenvalue weighted by molar-refractivity contribution is 0.199. The quantitative estimate of drug-likeness (QED) is 0.870. The Kier molecular flexibility index (Phi) is 2.59. The Morgan fingerprint density at radius 1 is 1.44 bits per heavy atom. The maximum absolute atomic E-state index is 11.2. The number of aromatic amines is 1. The van der Waals surface area contributed by atoms with E-state index in [-0.39, 0.29) is 0 Å². The zero-order valence-corrected chi connectivity index (χ0v) is 10.1. The van der Waals surface area contributed by atoms with Gasteiger partial charge in [0.2, 0.25) is 0 Å². The van der Waals surface area contributed by atoms with E-state index in [0.717, 1.165) is 30.0 Å². The molecular formula is C13H14N2O3. The molecule has 1 aliphatic rings. The summed E-state index contributed by atoms with van der Waals surface area (Å²) >= 11 is 0. The number of fused-ring (bicyclic) bond motifs is 1. The third-order valence-electron chi connectivity index (χ3n) is 2.99. The predicted molar refractivity (Wildman–Crippen MR) is 68.3 cm³/mol. The fraction of sp³-hybridized carbons (Fsp3) is 0.308. The van der Waals surface area contributed by atoms with E-state index in [1.807, 2.05) is 25.1 Å². The van der Waals surface area contributed by atoms with Crippen molar-refractivity contribution < 1.29 is 9.15 Å². The first-order chi connectivity index (χ1) is 8.78. The van der Waals surface area contributed by atoms with Gasteiger partial charge in [0, 0.05) is 6.42 Å². The minimum absolute atomic E-state index is 0.438. The van der Waals surface area contributed by atoms with Crippen molar-refractivity contribution in [1.82, 2.24) is 4.98 Å². The molecule has 5 nitrogen and oxygen atoms in total. The third kappa shape index (κ3) is 1.77. The maximum Gasteiger partial charge on any atom is 0.417 e. The molecule has 94 valence electrons. The molecule has 18 heavy (non-hydrogen) atoms. The summed E-state index contributed by atoms with van der Waals surface area (Å²) in [5, 5.41) is 3.27. The van der Waals surface area contributed by atoms with Crippen LogP contribution >= 0.6 is 0 Å². The molecule has 2 aromatic rings. The highest BCUT2D eigenvalue weighted by Gasteiger charge is 2.19. The number of aromatic nitrogens is 1. The minimum atomic E-state index is -0.438. The zero-order chi connectivity index (χ0) is 12.5. The lowest BCUT2D eigenvalue weighted by Gasteiger charge is -2.24. The Hall–Kier alpha value is -2.17. The van der Waals surface area contributed by atoms with Gasteiger partial charge in [-0.1, -0.05) is 6.07 Å². The number of anilines is 1. The van der Waals surface area contributed by atoms with Crippen LogP contribution in [0.25, 0.3) is 11.1 Å². The van der Waals surface area contributed by atoms with Gasteiger partial charge in [0.25, 0.3) is 0 Å². The largest absolute Gasteiger partial charge is 0.496 e. The van der Waals surface area contributed by atoms with Crippen LogP contribution in [0, 0.1) is 0 Å². The molecule has 0 saturated carbocycles. The number of H-pyrrole nitrogens is 1. The summed E-state index contributed by atoms with van der Waals surface area (Å²) in [6.45, 7) is 2.64. The van der Waals surface area contributed by atoms with Gasteiger partial charge in [-0.2, -0.15) is 0 Å². The molecule has 3 rings (SSSR count). The second-order valence-electron chi connectivity index (χ2n) is 4.16. The van der Waals surface area contributed by atoms with Crippen LogP contribution in [-0.2, 0) is 4.74 Å². The smallest absolute Gasteiger partial charge is 0.417 e. The minimum Gasteiger partial charge on any atom is -0.496 e. The number of oxazole rings is 1. The highest BCUT2D eigenvalue weighted by Crippen LogP contribution is 2.31. The molecule has 1 aromatic carbocycles. The number of hydrogen-bond acceptors (Lipinski definition) is 4. The van der Waals surface area contributed by atoms with Crippen molar-refractivity contribution in [3.63, 3.8) is 0 Å². The van der Waals surface area contributed by atoms with Gasteiger partial charge in [0.05, 0.1) is 23.5 Å². The molecular weight excluding hydrogens is 232 g/mol. The van der Waals surface area contributed by atoms with Crippen LogP contribution < -0.4 is 11.1 Å². The number of nitrogens with one attached hydrogen (secondary N) is 2. The van der Waals surface area contributed by atoms with Crippen LogP contribution in [-0.4, -0.2) is 11.6 Å². The monoisotopic (exact) mass is 246 g/mol. The predicted octanol–water partition coefficient (Wildman–Crippen LogP) is 2.57. The van der Waals surface area contributed by atoms with Gasteiger partial charge in [-0.15, -0.1) is 0 Å². The van der Waals surface area contributed by atoms with Gasteiger partial charge in [-0.3, -0.25) is 4.98 Å². The summed E-state index contributed by atoms with van der Waals surface area (Å²) in [6.07, 6.45) is 1.92. The molecule has 1 aromatic heterocycles. The van der Waals surface area contributed by atoms with Gasteiger partial charge in [-0.05, 0) is 25.5 Å². The van der Waals surface area contributed by atoms with E-state index in [9.17, 15) is 4.79 Å². The number of allylic oxidation sites excluding steroid dienone is 2. The average Bonchev–Trinajstić information content (AvgIpc) is 2.72. The van der Waals surface area contributed by atoms with Gasteiger partial charge < -0.3 is 14.5 Å². The van der Waals surface area contributed by atoms with E-state index in [0.29, 0.717) is 17.7 Å². The summed E-state index contributed by atoms with van der Waals surface area (Å²) in [6, 6.07) is 5.56. The molecule has 0 atom stereocenters. The Morgan fingerprint density at radius 2 is 2.33 bits per heavy atom. The van der Waals surface area contributed by atoms with Gasteiger partial charge >= 0.3 is 5.76 Å². The standard InChI is InChI=1S/C13H14N2O3/c1-2-17-11-7-6-8(11)14-9-4-3-5-10-12(9)18-13(16)15-10/h3-5,14H,2,6-7H2,1H3,(H,15,16). The molecule has 0 saturated heterocycles. The fourth-order valence-corrected chi connectivity index (χ4v) is 2.05. The van der Waals surface area contributed by atoms with Crippen LogP contribution in [0.3, 0.4) is 0 Å². The third-order valence-corrected chi connectivity index (χ3v) is 2.99. The van der Waals surface area contributed by atoms with Gasteiger partial charge in [0.1, 0.15) is 5.76 Å². The molecule has 1 aliphatic carbocycles. The van der Waals surface area contributed by atoms with E-state index in [1.165, 1.54) is 0 Å². The van der Waals surface area contributed by atoms with Crippen molar-refractivity contribution in [3.8, 4) is 0 Å². The average molecular weight is 246 g/mol. The zero-order valence-electron chi connectivity index (χ0n) is 10.1. The van der Waals surface area contributed by atoms with Crippen molar-refractivity contribution in [3.05, 3.63) is 40.2 Å². The van der Waals surface area contributed by atoms with E-state index in [1.54, 1.807) is 0 Å². The van der Waals surface area contributed by atoms with Gasteiger partial charge in [-0.25, -0.2) is 4.79 Å². The first kappa shape index (κ1) is 11.0. The fourth-order valence-electron chi connectivity index (χ4n) is 2.05. The second-order valence-corrected chi connectivity index (χ2v) is 4.16. The van der Waals surface area contributed by atoms with Crippen molar-refractivity contribution in [1.29, 1.82) is 0 Å². The number of benzene rings is 1.